The molecule has 5 rings (SSSR count). The monoisotopic (exact) mass is 412 g/mol. The fraction of sp³-hybridized carbons (Fsp3) is 0.682. The summed E-state index contributed by atoms with van der Waals surface area (Å²) >= 11 is 1.82. The molecule has 29 heavy (non-hydrogen) atoms. The summed E-state index contributed by atoms with van der Waals surface area (Å²) in [6, 6.07) is 6.95. The highest BCUT2D eigenvalue weighted by molar-refractivity contribution is 7.15. The number of likely N-dealkylation sites (tertiary alicyclic amines) is 1. The van der Waals surface area contributed by atoms with Crippen molar-refractivity contribution < 1.29 is 0 Å². The van der Waals surface area contributed by atoms with Gasteiger partial charge in [-0.1, -0.05) is 23.8 Å². The van der Waals surface area contributed by atoms with Crippen LogP contribution in [0.5, 0.6) is 0 Å². The third-order valence-corrected chi connectivity index (χ3v) is 7.96. The molecule has 7 heteroatoms. The summed E-state index contributed by atoms with van der Waals surface area (Å²) in [5.74, 6) is 1.56. The zero-order valence-electron chi connectivity index (χ0n) is 17.2. The average molecular weight is 413 g/mol. The molecule has 2 aromatic heterocycles. The minimum Gasteiger partial charge on any atom is -0.356 e. The topological polar surface area (TPSA) is 48.4 Å². The molecule has 3 aliphatic heterocycles. The van der Waals surface area contributed by atoms with Gasteiger partial charge in [-0.2, -0.15) is 0 Å². The number of aromatic nitrogens is 3. The van der Waals surface area contributed by atoms with Crippen molar-refractivity contribution in [3.8, 4) is 0 Å². The Balaban J connectivity index is 1.19. The molecule has 2 aromatic rings. The van der Waals surface area contributed by atoms with Crippen LogP contribution in [0.2, 0.25) is 0 Å². The van der Waals surface area contributed by atoms with E-state index in [0.717, 1.165) is 43.2 Å². The van der Waals surface area contributed by atoms with E-state index in [1.165, 1.54) is 63.0 Å². The second-order valence-electron chi connectivity index (χ2n) is 8.71. The van der Waals surface area contributed by atoms with E-state index in [1.807, 2.05) is 23.6 Å². The Morgan fingerprint density at radius 3 is 2.48 bits per heavy atom. The van der Waals surface area contributed by atoms with Gasteiger partial charge in [0.2, 0.25) is 5.13 Å². The van der Waals surface area contributed by atoms with E-state index in [0.29, 0.717) is 5.92 Å². The highest BCUT2D eigenvalue weighted by Crippen LogP contribution is 2.34. The number of nitrogens with zero attached hydrogens (tertiary/aromatic N) is 6. The molecule has 3 saturated heterocycles. The van der Waals surface area contributed by atoms with Crippen LogP contribution >= 0.6 is 11.3 Å². The summed E-state index contributed by atoms with van der Waals surface area (Å²) in [6.45, 7) is 6.96. The van der Waals surface area contributed by atoms with Gasteiger partial charge >= 0.3 is 0 Å². The van der Waals surface area contributed by atoms with E-state index in [4.69, 9.17) is 0 Å². The van der Waals surface area contributed by atoms with Crippen molar-refractivity contribution in [2.24, 2.45) is 0 Å². The Morgan fingerprint density at radius 1 is 0.828 bits per heavy atom. The number of hydrogen-bond donors (Lipinski definition) is 0. The predicted octanol–water partition coefficient (Wildman–Crippen LogP) is 3.77. The lowest BCUT2D eigenvalue weighted by atomic mass is 9.99. The van der Waals surface area contributed by atoms with Crippen LogP contribution in [-0.2, 0) is 0 Å². The predicted molar refractivity (Wildman–Crippen MR) is 119 cm³/mol. The average Bonchev–Trinajstić information content (AvgIpc) is 3.31. The van der Waals surface area contributed by atoms with Crippen molar-refractivity contribution in [2.45, 2.75) is 56.9 Å². The Hall–Kier alpha value is -1.73. The SMILES string of the molecule is c1ccc(N2CCC[C@@H](c3nnc(N4CCC(N5CCCCC5)CC4)s3)C2)nc1. The summed E-state index contributed by atoms with van der Waals surface area (Å²) in [7, 11) is 0. The highest BCUT2D eigenvalue weighted by atomic mass is 32.1. The van der Waals surface area contributed by atoms with E-state index < -0.39 is 0 Å². The number of pyridine rings is 1. The number of rotatable bonds is 4. The Kier molecular flexibility index (Phi) is 5.95. The lowest BCUT2D eigenvalue weighted by Gasteiger charge is -2.40. The first-order valence-corrected chi connectivity index (χ1v) is 12.2. The van der Waals surface area contributed by atoms with Gasteiger partial charge in [0.15, 0.2) is 0 Å². The Morgan fingerprint density at radius 2 is 1.69 bits per heavy atom. The molecule has 3 fully saturated rings. The summed E-state index contributed by atoms with van der Waals surface area (Å²) < 4.78 is 0. The van der Waals surface area contributed by atoms with Gasteiger partial charge in [-0.05, 0) is 63.7 Å². The minimum absolute atomic E-state index is 0.475. The van der Waals surface area contributed by atoms with Crippen molar-refractivity contribution >= 4 is 22.3 Å². The van der Waals surface area contributed by atoms with Gasteiger partial charge in [-0.25, -0.2) is 4.98 Å². The van der Waals surface area contributed by atoms with Gasteiger partial charge in [0.1, 0.15) is 10.8 Å². The van der Waals surface area contributed by atoms with Crippen molar-refractivity contribution in [2.75, 3.05) is 49.1 Å². The fourth-order valence-electron chi connectivity index (χ4n) is 5.15. The first-order chi connectivity index (χ1) is 14.4. The van der Waals surface area contributed by atoms with Crippen LogP contribution < -0.4 is 9.80 Å². The zero-order valence-corrected chi connectivity index (χ0v) is 18.1. The minimum atomic E-state index is 0.475. The van der Waals surface area contributed by atoms with Crippen molar-refractivity contribution in [3.63, 3.8) is 0 Å². The van der Waals surface area contributed by atoms with Crippen LogP contribution in [0.1, 0.15) is 55.9 Å². The number of hydrogen-bond acceptors (Lipinski definition) is 7. The lowest BCUT2D eigenvalue weighted by molar-refractivity contribution is 0.141. The maximum atomic E-state index is 4.62. The molecule has 0 unspecified atom stereocenters. The van der Waals surface area contributed by atoms with Crippen LogP contribution in [0.15, 0.2) is 24.4 Å². The summed E-state index contributed by atoms with van der Waals surface area (Å²) in [5, 5.41) is 11.6. The highest BCUT2D eigenvalue weighted by Gasteiger charge is 2.29. The van der Waals surface area contributed by atoms with Gasteiger partial charge in [0.25, 0.3) is 0 Å². The Bertz CT molecular complexity index is 767. The van der Waals surface area contributed by atoms with Crippen LogP contribution in [0.4, 0.5) is 10.9 Å². The van der Waals surface area contributed by atoms with Crippen LogP contribution in [-0.4, -0.2) is 65.4 Å². The summed E-state index contributed by atoms with van der Waals surface area (Å²) in [6.07, 6.45) is 11.0. The number of piperidine rings is 3. The van der Waals surface area contributed by atoms with Gasteiger partial charge in [0, 0.05) is 44.3 Å². The third-order valence-electron chi connectivity index (χ3n) is 6.82. The molecule has 0 aliphatic carbocycles. The van der Waals surface area contributed by atoms with E-state index in [9.17, 15) is 0 Å². The molecule has 0 bridgehead atoms. The van der Waals surface area contributed by atoms with Crippen molar-refractivity contribution in [1.82, 2.24) is 20.1 Å². The molecule has 1 atom stereocenters. The van der Waals surface area contributed by atoms with Gasteiger partial charge in [-0.15, -0.1) is 10.2 Å². The van der Waals surface area contributed by atoms with Gasteiger partial charge < -0.3 is 14.7 Å². The zero-order chi connectivity index (χ0) is 19.5. The van der Waals surface area contributed by atoms with Gasteiger partial charge in [-0.3, -0.25) is 0 Å². The molecule has 0 N–H and O–H groups in total. The lowest BCUT2D eigenvalue weighted by Crippen LogP contribution is -2.46. The third kappa shape index (κ3) is 4.40. The molecular formula is C22H32N6S. The smallest absolute Gasteiger partial charge is 0.208 e. The normalized spacial score (nSPS) is 24.8. The molecule has 156 valence electrons. The molecule has 3 aliphatic rings. The molecule has 0 spiro atoms. The maximum Gasteiger partial charge on any atom is 0.208 e. The summed E-state index contributed by atoms with van der Waals surface area (Å²) in [5.41, 5.74) is 0. The molecule has 6 nitrogen and oxygen atoms in total. The van der Waals surface area contributed by atoms with E-state index in [2.05, 4.69) is 42.0 Å². The van der Waals surface area contributed by atoms with E-state index in [1.54, 1.807) is 0 Å². The Labute approximate surface area is 177 Å². The van der Waals surface area contributed by atoms with Crippen molar-refractivity contribution in [1.29, 1.82) is 0 Å². The van der Waals surface area contributed by atoms with Crippen LogP contribution in [0, 0.1) is 0 Å². The van der Waals surface area contributed by atoms with Crippen molar-refractivity contribution in [3.05, 3.63) is 29.4 Å². The molecule has 5 heterocycles. The maximum absolute atomic E-state index is 4.62. The van der Waals surface area contributed by atoms with E-state index >= 15 is 0 Å². The van der Waals surface area contributed by atoms with Crippen LogP contribution in [0.25, 0.3) is 0 Å². The molecule has 0 amide bonds. The second kappa shape index (κ2) is 8.96. The molecule has 0 radical (unpaired) electrons. The molecule has 0 aromatic carbocycles. The molecule has 0 saturated carbocycles. The van der Waals surface area contributed by atoms with Crippen LogP contribution in [0.3, 0.4) is 0 Å². The fourth-order valence-corrected chi connectivity index (χ4v) is 6.17. The first-order valence-electron chi connectivity index (χ1n) is 11.4. The summed E-state index contributed by atoms with van der Waals surface area (Å²) in [4.78, 5) is 12.1. The van der Waals surface area contributed by atoms with E-state index in [-0.39, 0.29) is 0 Å². The number of anilines is 2. The quantitative estimate of drug-likeness (QED) is 0.762. The van der Waals surface area contributed by atoms with Gasteiger partial charge in [0.05, 0.1) is 0 Å². The first kappa shape index (κ1) is 19.2. The second-order valence-corrected chi connectivity index (χ2v) is 9.70. The largest absolute Gasteiger partial charge is 0.356 e. The molecular weight excluding hydrogens is 380 g/mol. The standard InChI is InChI=1S/C22H32N6S/c1-4-12-26(13-5-1)19-9-15-27(16-10-19)22-25-24-21(29-22)18-7-6-14-28(17-18)20-8-2-3-11-23-20/h2-3,8,11,18-19H,1,4-7,9-10,12-17H2/t18-/m1/s1.